The van der Waals surface area contributed by atoms with Gasteiger partial charge >= 0.3 is 0 Å². The summed E-state index contributed by atoms with van der Waals surface area (Å²) in [5.74, 6) is 1.35. The van der Waals surface area contributed by atoms with Gasteiger partial charge in [-0.05, 0) is 59.0 Å². The van der Waals surface area contributed by atoms with Crippen molar-refractivity contribution in [2.24, 2.45) is 0 Å². The number of nitrogens with zero attached hydrogens (tertiary/aromatic N) is 1. The Bertz CT molecular complexity index is 1190. The number of ether oxygens (including phenoxy) is 4. The molecule has 178 valence electrons. The molecule has 2 aromatic carbocycles. The number of methoxy groups -OCH3 is 1. The second kappa shape index (κ2) is 9.31. The SMILES string of the molecule is COc1c2c(c(Br)c3c1OCO3)CCN(C)C(C(=O)c1cccc(NC(=O)[C@H]3CCCO3)c1)=C2. The summed E-state index contributed by atoms with van der Waals surface area (Å²) in [5, 5.41) is 2.87. The molecule has 0 bridgehead atoms. The van der Waals surface area contributed by atoms with Crippen molar-refractivity contribution in [3.63, 3.8) is 0 Å². The Labute approximate surface area is 205 Å². The van der Waals surface area contributed by atoms with Crippen LogP contribution in [-0.2, 0) is 16.0 Å². The van der Waals surface area contributed by atoms with Crippen LogP contribution in [0, 0.1) is 0 Å². The molecule has 3 aliphatic rings. The van der Waals surface area contributed by atoms with Crippen LogP contribution in [0.4, 0.5) is 5.69 Å². The predicted molar refractivity (Wildman–Crippen MR) is 130 cm³/mol. The second-order valence-corrected chi connectivity index (χ2v) is 9.20. The van der Waals surface area contributed by atoms with E-state index in [2.05, 4.69) is 21.2 Å². The van der Waals surface area contributed by atoms with E-state index in [4.69, 9.17) is 18.9 Å². The number of rotatable bonds is 5. The maximum atomic E-state index is 13.6. The van der Waals surface area contributed by atoms with E-state index in [-0.39, 0.29) is 18.5 Å². The lowest BCUT2D eigenvalue weighted by molar-refractivity contribution is -0.124. The van der Waals surface area contributed by atoms with Crippen molar-refractivity contribution in [1.29, 1.82) is 0 Å². The van der Waals surface area contributed by atoms with Crippen LogP contribution in [0.1, 0.15) is 34.3 Å². The van der Waals surface area contributed by atoms with E-state index in [0.29, 0.717) is 60.2 Å². The van der Waals surface area contributed by atoms with Gasteiger partial charge in [-0.3, -0.25) is 9.59 Å². The lowest BCUT2D eigenvalue weighted by atomic mass is 10.0. The van der Waals surface area contributed by atoms with Crippen molar-refractivity contribution < 1.29 is 28.5 Å². The molecule has 34 heavy (non-hydrogen) atoms. The number of carbonyl (C=O) groups excluding carboxylic acids is 2. The molecule has 8 nitrogen and oxygen atoms in total. The van der Waals surface area contributed by atoms with Crippen molar-refractivity contribution in [2.75, 3.05) is 39.4 Å². The number of nitrogens with one attached hydrogen (secondary N) is 1. The number of benzene rings is 2. The summed E-state index contributed by atoms with van der Waals surface area (Å²) in [5.41, 5.74) is 3.34. The summed E-state index contributed by atoms with van der Waals surface area (Å²) in [6, 6.07) is 6.98. The van der Waals surface area contributed by atoms with Crippen molar-refractivity contribution in [3.05, 3.63) is 51.1 Å². The smallest absolute Gasteiger partial charge is 0.253 e. The summed E-state index contributed by atoms with van der Waals surface area (Å²) in [7, 11) is 3.47. The van der Waals surface area contributed by atoms with E-state index < -0.39 is 6.10 Å². The lowest BCUT2D eigenvalue weighted by Crippen LogP contribution is -2.27. The molecule has 1 N–H and O–H groups in total. The zero-order valence-electron chi connectivity index (χ0n) is 19.0. The molecule has 1 atom stereocenters. The molecule has 0 saturated carbocycles. The molecule has 9 heteroatoms. The summed E-state index contributed by atoms with van der Waals surface area (Å²) >= 11 is 3.65. The topological polar surface area (TPSA) is 86.3 Å². The number of carbonyl (C=O) groups is 2. The average molecular weight is 529 g/mol. The highest BCUT2D eigenvalue weighted by atomic mass is 79.9. The van der Waals surface area contributed by atoms with Gasteiger partial charge in [0.15, 0.2) is 11.5 Å². The largest absolute Gasteiger partial charge is 0.492 e. The lowest BCUT2D eigenvalue weighted by Gasteiger charge is -2.20. The fraction of sp³-hybridized carbons (Fsp3) is 0.360. The molecule has 0 aromatic heterocycles. The second-order valence-electron chi connectivity index (χ2n) is 8.41. The molecule has 3 aliphatic heterocycles. The summed E-state index contributed by atoms with van der Waals surface area (Å²) in [6.45, 7) is 1.34. The van der Waals surface area contributed by atoms with Gasteiger partial charge in [0.05, 0.1) is 17.3 Å². The Kier molecular flexibility index (Phi) is 6.22. The number of anilines is 1. The third-order valence-corrected chi connectivity index (χ3v) is 7.13. The number of hydrogen-bond acceptors (Lipinski definition) is 7. The summed E-state index contributed by atoms with van der Waals surface area (Å²) in [4.78, 5) is 28.0. The Hall–Kier alpha value is -3.04. The van der Waals surface area contributed by atoms with Crippen LogP contribution in [0.3, 0.4) is 0 Å². The Morgan fingerprint density at radius 1 is 1.24 bits per heavy atom. The van der Waals surface area contributed by atoms with Gasteiger partial charge in [0.2, 0.25) is 18.3 Å². The summed E-state index contributed by atoms with van der Waals surface area (Å²) in [6.07, 6.45) is 3.67. The van der Waals surface area contributed by atoms with Crippen molar-refractivity contribution in [3.8, 4) is 17.2 Å². The van der Waals surface area contributed by atoms with E-state index in [1.807, 2.05) is 18.0 Å². The molecule has 1 fully saturated rings. The highest BCUT2D eigenvalue weighted by molar-refractivity contribution is 9.10. The van der Waals surface area contributed by atoms with Gasteiger partial charge < -0.3 is 29.2 Å². The van der Waals surface area contributed by atoms with Crippen LogP contribution in [0.25, 0.3) is 6.08 Å². The van der Waals surface area contributed by atoms with Crippen LogP contribution >= 0.6 is 15.9 Å². The number of hydrogen-bond donors (Lipinski definition) is 1. The number of fused-ring (bicyclic) bond motifs is 2. The molecule has 3 heterocycles. The van der Waals surface area contributed by atoms with Crippen molar-refractivity contribution in [2.45, 2.75) is 25.4 Å². The fourth-order valence-electron chi connectivity index (χ4n) is 4.50. The first-order chi connectivity index (χ1) is 16.5. The van der Waals surface area contributed by atoms with Gasteiger partial charge in [-0.15, -0.1) is 0 Å². The number of amides is 1. The number of halogens is 1. The molecule has 1 saturated heterocycles. The third kappa shape index (κ3) is 4.03. The van der Waals surface area contributed by atoms with Crippen molar-refractivity contribution in [1.82, 2.24) is 4.90 Å². The molecule has 5 rings (SSSR count). The van der Waals surface area contributed by atoms with Gasteiger partial charge in [0.25, 0.3) is 5.91 Å². The highest BCUT2D eigenvalue weighted by Gasteiger charge is 2.32. The van der Waals surface area contributed by atoms with E-state index in [0.717, 1.165) is 22.0 Å². The van der Waals surface area contributed by atoms with E-state index in [9.17, 15) is 9.59 Å². The van der Waals surface area contributed by atoms with E-state index in [1.165, 1.54) is 0 Å². The van der Waals surface area contributed by atoms with Gasteiger partial charge in [-0.2, -0.15) is 0 Å². The van der Waals surface area contributed by atoms with Gasteiger partial charge in [0.1, 0.15) is 6.10 Å². The van der Waals surface area contributed by atoms with Gasteiger partial charge in [-0.1, -0.05) is 12.1 Å². The average Bonchev–Trinajstić information content (AvgIpc) is 3.52. The standard InChI is InChI=1S/C25H25BrN2O6/c1-28-9-8-16-17(22(31-2)24-23(20(16)26)33-13-34-24)12-18(28)21(29)14-5-3-6-15(11-14)27-25(30)19-7-4-10-32-19/h3,5-6,11-12,19H,4,7-10,13H2,1-2H3,(H,27,30)/t19-/m1/s1. The fourth-order valence-corrected chi connectivity index (χ4v) is 5.21. The van der Waals surface area contributed by atoms with E-state index in [1.54, 1.807) is 31.4 Å². The van der Waals surface area contributed by atoms with Gasteiger partial charge in [0, 0.05) is 37.0 Å². The number of likely N-dealkylation sites (N-methyl/N-ethyl adjacent to an activating group) is 1. The minimum absolute atomic E-state index is 0.118. The molecular weight excluding hydrogens is 504 g/mol. The Morgan fingerprint density at radius 3 is 2.82 bits per heavy atom. The number of ketones is 1. The molecule has 0 spiro atoms. The maximum Gasteiger partial charge on any atom is 0.253 e. The molecule has 1 amide bonds. The monoisotopic (exact) mass is 528 g/mol. The first-order valence-corrected chi connectivity index (χ1v) is 11.9. The minimum atomic E-state index is -0.439. The first kappa shape index (κ1) is 22.7. The molecule has 0 radical (unpaired) electrons. The van der Waals surface area contributed by atoms with Crippen LogP contribution in [0.5, 0.6) is 17.2 Å². The maximum absolute atomic E-state index is 13.6. The summed E-state index contributed by atoms with van der Waals surface area (Å²) < 4.78 is 23.2. The van der Waals surface area contributed by atoms with E-state index >= 15 is 0 Å². The Morgan fingerprint density at radius 2 is 2.06 bits per heavy atom. The quantitative estimate of drug-likeness (QED) is 0.586. The zero-order valence-corrected chi connectivity index (χ0v) is 20.6. The minimum Gasteiger partial charge on any atom is -0.492 e. The van der Waals surface area contributed by atoms with Crippen LogP contribution in [-0.4, -0.2) is 56.8 Å². The molecule has 2 aromatic rings. The predicted octanol–water partition coefficient (Wildman–Crippen LogP) is 4.02. The number of allylic oxidation sites excluding steroid dienone is 1. The van der Waals surface area contributed by atoms with Crippen LogP contribution in [0.2, 0.25) is 0 Å². The molecular formula is C25H25BrN2O6. The van der Waals surface area contributed by atoms with Crippen LogP contribution < -0.4 is 19.5 Å². The zero-order chi connectivity index (χ0) is 23.8. The molecule has 0 aliphatic carbocycles. The van der Waals surface area contributed by atoms with Crippen molar-refractivity contribution >= 4 is 39.4 Å². The third-order valence-electron chi connectivity index (χ3n) is 6.29. The normalized spacial score (nSPS) is 18.7. The highest BCUT2D eigenvalue weighted by Crippen LogP contribution is 2.51. The first-order valence-electron chi connectivity index (χ1n) is 11.2. The van der Waals surface area contributed by atoms with Gasteiger partial charge in [-0.25, -0.2) is 0 Å². The number of Topliss-reactive ketones (excluding diaryl/α,β-unsaturated/α-hetero) is 1. The van der Waals surface area contributed by atoms with Crippen LogP contribution in [0.15, 0.2) is 34.4 Å². The molecule has 0 unspecified atom stereocenters. The Balaban J connectivity index is 1.49.